The van der Waals surface area contributed by atoms with Gasteiger partial charge in [-0.15, -0.1) is 0 Å². The number of phenols is 1. The highest BCUT2D eigenvalue weighted by Gasteiger charge is 2.51. The lowest BCUT2D eigenvalue weighted by Gasteiger charge is -2.55. The third-order valence-corrected chi connectivity index (χ3v) is 8.32. The van der Waals surface area contributed by atoms with Crippen molar-refractivity contribution in [3.63, 3.8) is 0 Å². The first-order valence-electron chi connectivity index (χ1n) is 12.5. The smallest absolute Gasteiger partial charge is 0.342 e. The fourth-order valence-corrected chi connectivity index (χ4v) is 6.42. The molecule has 2 aliphatic rings. The van der Waals surface area contributed by atoms with Gasteiger partial charge in [0.1, 0.15) is 11.3 Å². The summed E-state index contributed by atoms with van der Waals surface area (Å²) < 4.78 is 5.14. The third-order valence-electron chi connectivity index (χ3n) is 8.32. The number of aromatic hydroxyl groups is 1. The summed E-state index contributed by atoms with van der Waals surface area (Å²) in [5, 5.41) is 12.8. The number of para-hydroxylation sites is 1. The molecule has 1 fully saturated rings. The molecule has 2 aliphatic carbocycles. The quantitative estimate of drug-likeness (QED) is 0.555. The van der Waals surface area contributed by atoms with Crippen molar-refractivity contribution in [1.82, 2.24) is 5.32 Å². The topological polar surface area (TPSA) is 75.6 Å². The van der Waals surface area contributed by atoms with E-state index >= 15 is 0 Å². The minimum absolute atomic E-state index is 0.0151. The Morgan fingerprint density at radius 3 is 2.65 bits per heavy atom. The molecule has 2 aromatic rings. The van der Waals surface area contributed by atoms with Gasteiger partial charge in [-0.25, -0.2) is 4.79 Å². The summed E-state index contributed by atoms with van der Waals surface area (Å²) in [6.07, 6.45) is 5.59. The molecule has 182 valence electrons. The van der Waals surface area contributed by atoms with Crippen LogP contribution >= 0.6 is 0 Å². The number of rotatable bonds is 6. The molecule has 2 N–H and O–H groups in total. The van der Waals surface area contributed by atoms with Gasteiger partial charge in [0.2, 0.25) is 0 Å². The van der Waals surface area contributed by atoms with Gasteiger partial charge >= 0.3 is 5.97 Å². The van der Waals surface area contributed by atoms with Crippen LogP contribution in [0.15, 0.2) is 42.5 Å². The van der Waals surface area contributed by atoms with E-state index in [1.54, 1.807) is 12.1 Å². The lowest BCUT2D eigenvalue weighted by Crippen LogP contribution is -2.53. The van der Waals surface area contributed by atoms with Crippen LogP contribution in [0.1, 0.15) is 86.3 Å². The van der Waals surface area contributed by atoms with Crippen molar-refractivity contribution in [3.8, 4) is 5.75 Å². The molecular formula is C29H37NO4. The standard InChI is InChI=1S/C29H37NO4/c1-19(2)20-10-12-23-21(16-20)11-13-25-28(3,14-7-15-29(23,25)4)18-30-26(32)17-34-27(33)22-8-5-6-9-24(22)31/h5-6,8-10,12,16,19,25,31H,7,11,13-15,17-18H2,1-4H3,(H,30,32). The molecule has 34 heavy (non-hydrogen) atoms. The molecule has 4 rings (SSSR count). The Balaban J connectivity index is 1.41. The van der Waals surface area contributed by atoms with Crippen molar-refractivity contribution < 1.29 is 19.4 Å². The number of ether oxygens (including phenoxy) is 1. The number of esters is 1. The molecule has 0 bridgehead atoms. The van der Waals surface area contributed by atoms with Crippen LogP contribution < -0.4 is 5.32 Å². The van der Waals surface area contributed by atoms with Crippen molar-refractivity contribution in [3.05, 3.63) is 64.7 Å². The van der Waals surface area contributed by atoms with Crippen LogP contribution in [0.4, 0.5) is 0 Å². The molecule has 5 nitrogen and oxygen atoms in total. The zero-order valence-corrected chi connectivity index (χ0v) is 20.8. The monoisotopic (exact) mass is 463 g/mol. The van der Waals surface area contributed by atoms with E-state index in [9.17, 15) is 14.7 Å². The van der Waals surface area contributed by atoms with Crippen LogP contribution in [0, 0.1) is 11.3 Å². The second-order valence-corrected chi connectivity index (χ2v) is 11.0. The van der Waals surface area contributed by atoms with Crippen LogP contribution in [0.5, 0.6) is 5.75 Å². The van der Waals surface area contributed by atoms with Crippen LogP contribution in [0.3, 0.4) is 0 Å². The van der Waals surface area contributed by atoms with Crippen molar-refractivity contribution >= 4 is 11.9 Å². The fraction of sp³-hybridized carbons (Fsp3) is 0.517. The minimum atomic E-state index is -0.700. The second-order valence-electron chi connectivity index (χ2n) is 11.0. The Morgan fingerprint density at radius 1 is 1.15 bits per heavy atom. The number of carbonyl (C=O) groups is 2. The number of aryl methyl sites for hydroxylation is 1. The SMILES string of the molecule is CC(C)c1ccc2c(c1)CCC1C(C)(CNC(=O)COC(=O)c3ccccc3O)CCCC21C. The van der Waals surface area contributed by atoms with E-state index in [1.807, 2.05) is 0 Å². The first-order valence-corrected chi connectivity index (χ1v) is 12.5. The molecule has 0 saturated heterocycles. The second kappa shape index (κ2) is 9.44. The predicted molar refractivity (Wildman–Crippen MR) is 133 cm³/mol. The summed E-state index contributed by atoms with van der Waals surface area (Å²) >= 11 is 0. The lowest BCUT2D eigenvalue weighted by molar-refractivity contribution is -0.125. The largest absolute Gasteiger partial charge is 0.507 e. The van der Waals surface area contributed by atoms with Gasteiger partial charge < -0.3 is 15.2 Å². The summed E-state index contributed by atoms with van der Waals surface area (Å²) in [5.74, 6) is -0.151. The highest BCUT2D eigenvalue weighted by atomic mass is 16.5. The average molecular weight is 464 g/mol. The maximum atomic E-state index is 12.5. The Kier molecular flexibility index (Phi) is 6.75. The molecule has 0 heterocycles. The number of phenolic OH excluding ortho intramolecular Hbond substituents is 1. The number of carbonyl (C=O) groups excluding carboxylic acids is 2. The Morgan fingerprint density at radius 2 is 1.91 bits per heavy atom. The van der Waals surface area contributed by atoms with E-state index in [1.165, 1.54) is 35.2 Å². The van der Waals surface area contributed by atoms with Crippen LogP contribution in [-0.2, 0) is 21.4 Å². The molecule has 5 heteroatoms. The molecule has 1 amide bonds. The number of nitrogens with one attached hydrogen (secondary N) is 1. The van der Waals surface area contributed by atoms with Gasteiger partial charge in [0, 0.05) is 6.54 Å². The van der Waals surface area contributed by atoms with Gasteiger partial charge in [0.15, 0.2) is 6.61 Å². The highest BCUT2D eigenvalue weighted by Crippen LogP contribution is 2.57. The molecule has 3 unspecified atom stereocenters. The van der Waals surface area contributed by atoms with Gasteiger partial charge in [-0.3, -0.25) is 4.79 Å². The first kappa shape index (κ1) is 24.3. The molecule has 2 aromatic carbocycles. The van der Waals surface area contributed by atoms with E-state index in [0.717, 1.165) is 25.7 Å². The summed E-state index contributed by atoms with van der Waals surface area (Å²) in [4.78, 5) is 24.7. The zero-order chi connectivity index (χ0) is 24.5. The zero-order valence-electron chi connectivity index (χ0n) is 20.8. The minimum Gasteiger partial charge on any atom is -0.507 e. The number of fused-ring (bicyclic) bond motifs is 3. The molecule has 0 radical (unpaired) electrons. The molecule has 0 aliphatic heterocycles. The maximum Gasteiger partial charge on any atom is 0.342 e. The average Bonchev–Trinajstić information content (AvgIpc) is 2.81. The van der Waals surface area contributed by atoms with Crippen LogP contribution in [-0.4, -0.2) is 30.1 Å². The summed E-state index contributed by atoms with van der Waals surface area (Å²) in [6.45, 7) is 9.42. The number of hydrogen-bond donors (Lipinski definition) is 2. The summed E-state index contributed by atoms with van der Waals surface area (Å²) in [5.41, 5.74) is 4.55. The van der Waals surface area contributed by atoms with Crippen molar-refractivity contribution in [2.24, 2.45) is 11.3 Å². The Hall–Kier alpha value is -2.82. The van der Waals surface area contributed by atoms with E-state index in [-0.39, 0.29) is 34.7 Å². The van der Waals surface area contributed by atoms with Crippen molar-refractivity contribution in [1.29, 1.82) is 0 Å². The van der Waals surface area contributed by atoms with Gasteiger partial charge in [-0.1, -0.05) is 64.4 Å². The number of amides is 1. The summed E-state index contributed by atoms with van der Waals surface area (Å²) in [7, 11) is 0. The Labute approximate surface area is 202 Å². The van der Waals surface area contributed by atoms with Crippen LogP contribution in [0.2, 0.25) is 0 Å². The van der Waals surface area contributed by atoms with E-state index in [0.29, 0.717) is 18.4 Å². The van der Waals surface area contributed by atoms with Gasteiger partial charge in [-0.05, 0) is 77.2 Å². The Bertz CT molecular complexity index is 1080. The maximum absolute atomic E-state index is 12.5. The molecule has 0 spiro atoms. The van der Waals surface area contributed by atoms with Gasteiger partial charge in [0.25, 0.3) is 5.91 Å². The molecular weight excluding hydrogens is 426 g/mol. The predicted octanol–water partition coefficient (Wildman–Crippen LogP) is 5.50. The highest BCUT2D eigenvalue weighted by molar-refractivity contribution is 5.93. The van der Waals surface area contributed by atoms with Crippen LogP contribution in [0.25, 0.3) is 0 Å². The number of hydrogen-bond acceptors (Lipinski definition) is 4. The van der Waals surface area contributed by atoms with Gasteiger partial charge in [-0.2, -0.15) is 0 Å². The van der Waals surface area contributed by atoms with E-state index in [2.05, 4.69) is 51.2 Å². The lowest BCUT2D eigenvalue weighted by atomic mass is 9.49. The molecule has 0 aromatic heterocycles. The van der Waals surface area contributed by atoms with Gasteiger partial charge in [0.05, 0.1) is 0 Å². The normalized spacial score (nSPS) is 25.9. The first-order chi connectivity index (χ1) is 16.1. The van der Waals surface area contributed by atoms with E-state index in [4.69, 9.17) is 4.74 Å². The number of benzene rings is 2. The molecule has 1 saturated carbocycles. The van der Waals surface area contributed by atoms with Crippen molar-refractivity contribution in [2.75, 3.05) is 13.2 Å². The fourth-order valence-electron chi connectivity index (χ4n) is 6.42. The molecule has 3 atom stereocenters. The van der Waals surface area contributed by atoms with E-state index < -0.39 is 5.97 Å². The summed E-state index contributed by atoms with van der Waals surface area (Å²) in [6, 6.07) is 13.2. The van der Waals surface area contributed by atoms with Crippen molar-refractivity contribution in [2.45, 2.75) is 71.1 Å². The third kappa shape index (κ3) is 4.57.